The van der Waals surface area contributed by atoms with Crippen molar-refractivity contribution in [1.82, 2.24) is 25.1 Å². The highest BCUT2D eigenvalue weighted by Crippen LogP contribution is 2.26. The first-order valence-corrected chi connectivity index (χ1v) is 13.7. The van der Waals surface area contributed by atoms with Crippen LogP contribution in [0.1, 0.15) is 49.1 Å². The normalized spacial score (nSPS) is 11.4. The standard InChI is InChI=1S/C28H32Cl2N6OS/c1-3-12-33-28(38)35(17-22-6-5-7-25(29)27(22)30)18-23(4-2)34-26(37)13-24-15-32-19-36(24)16-21-10-8-20(14-31)9-11-21/h5-11,15,19,23H,3-4,12-13,16-18H2,1-2H3,(H,33,38)(H,34,37)/t23-/m0/s1. The number of carbonyl (C=O) groups excluding carboxylic acids is 1. The number of hydrogen-bond acceptors (Lipinski definition) is 4. The summed E-state index contributed by atoms with van der Waals surface area (Å²) in [6, 6.07) is 14.9. The van der Waals surface area contributed by atoms with Crippen LogP contribution in [0.3, 0.4) is 0 Å². The van der Waals surface area contributed by atoms with Gasteiger partial charge < -0.3 is 20.1 Å². The quantitative estimate of drug-likeness (QED) is 0.286. The van der Waals surface area contributed by atoms with Gasteiger partial charge in [0.25, 0.3) is 0 Å². The van der Waals surface area contributed by atoms with Crippen molar-refractivity contribution in [3.8, 4) is 6.07 Å². The molecule has 1 aromatic heterocycles. The Kier molecular flexibility index (Phi) is 11.4. The molecule has 1 heterocycles. The molecule has 3 rings (SSSR count). The molecule has 10 heteroatoms. The number of hydrogen-bond donors (Lipinski definition) is 2. The molecular formula is C28H32Cl2N6OS. The molecule has 0 bridgehead atoms. The maximum Gasteiger partial charge on any atom is 0.226 e. The number of benzene rings is 2. The molecule has 0 spiro atoms. The van der Waals surface area contributed by atoms with Crippen LogP contribution in [0.15, 0.2) is 55.0 Å². The molecule has 0 radical (unpaired) electrons. The Morgan fingerprint density at radius 1 is 1.21 bits per heavy atom. The number of halogens is 2. The number of nitriles is 1. The van der Waals surface area contributed by atoms with E-state index in [9.17, 15) is 4.79 Å². The number of thiocarbonyl (C=S) groups is 1. The lowest BCUT2D eigenvalue weighted by molar-refractivity contribution is -0.121. The van der Waals surface area contributed by atoms with Crippen molar-refractivity contribution < 1.29 is 4.79 Å². The molecule has 0 fully saturated rings. The zero-order valence-corrected chi connectivity index (χ0v) is 23.9. The van der Waals surface area contributed by atoms with Gasteiger partial charge in [0.05, 0.1) is 34.4 Å². The van der Waals surface area contributed by atoms with Gasteiger partial charge in [0.2, 0.25) is 5.91 Å². The van der Waals surface area contributed by atoms with Crippen molar-refractivity contribution >= 4 is 46.4 Å². The van der Waals surface area contributed by atoms with Crippen molar-refractivity contribution in [3.05, 3.63) is 87.4 Å². The molecular weight excluding hydrogens is 539 g/mol. The van der Waals surface area contributed by atoms with Crippen LogP contribution in [0, 0.1) is 11.3 Å². The second-order valence-electron chi connectivity index (χ2n) is 9.00. The highest BCUT2D eigenvalue weighted by Gasteiger charge is 2.20. The molecule has 3 aromatic rings. The molecule has 200 valence electrons. The molecule has 2 N–H and O–H groups in total. The zero-order chi connectivity index (χ0) is 27.5. The van der Waals surface area contributed by atoms with Crippen molar-refractivity contribution in [1.29, 1.82) is 5.26 Å². The average molecular weight is 572 g/mol. The molecule has 0 aliphatic carbocycles. The van der Waals surface area contributed by atoms with Gasteiger partial charge in [-0.15, -0.1) is 0 Å². The summed E-state index contributed by atoms with van der Waals surface area (Å²) in [6.45, 7) is 6.42. The lowest BCUT2D eigenvalue weighted by Crippen LogP contribution is -2.48. The van der Waals surface area contributed by atoms with Crippen LogP contribution < -0.4 is 10.6 Å². The van der Waals surface area contributed by atoms with E-state index in [1.165, 1.54) is 0 Å². The van der Waals surface area contributed by atoms with Crippen LogP contribution in [0.25, 0.3) is 0 Å². The van der Waals surface area contributed by atoms with Crippen LogP contribution >= 0.6 is 35.4 Å². The Hall–Kier alpha value is -3.12. The number of amides is 1. The van der Waals surface area contributed by atoms with E-state index in [0.29, 0.717) is 40.4 Å². The lowest BCUT2D eigenvalue weighted by Gasteiger charge is -2.30. The maximum atomic E-state index is 13.1. The van der Waals surface area contributed by atoms with Crippen molar-refractivity contribution in [2.24, 2.45) is 0 Å². The van der Waals surface area contributed by atoms with E-state index < -0.39 is 0 Å². The first-order chi connectivity index (χ1) is 18.3. The third-order valence-electron chi connectivity index (χ3n) is 6.08. The summed E-state index contributed by atoms with van der Waals surface area (Å²) in [7, 11) is 0. The Labute approximate surface area is 239 Å². The summed E-state index contributed by atoms with van der Waals surface area (Å²) in [4.78, 5) is 19.3. The summed E-state index contributed by atoms with van der Waals surface area (Å²) in [5, 5.41) is 17.1. The molecule has 7 nitrogen and oxygen atoms in total. The van der Waals surface area contributed by atoms with Gasteiger partial charge in [-0.3, -0.25) is 4.79 Å². The summed E-state index contributed by atoms with van der Waals surface area (Å²) in [6.07, 6.45) is 5.29. The summed E-state index contributed by atoms with van der Waals surface area (Å²) in [5.74, 6) is -0.0911. The second-order valence-corrected chi connectivity index (χ2v) is 10.2. The van der Waals surface area contributed by atoms with Gasteiger partial charge in [-0.2, -0.15) is 5.26 Å². The van der Waals surface area contributed by atoms with Gasteiger partial charge in [-0.25, -0.2) is 4.98 Å². The number of aromatic nitrogens is 2. The van der Waals surface area contributed by atoms with Gasteiger partial charge in [0, 0.05) is 44.1 Å². The van der Waals surface area contributed by atoms with Gasteiger partial charge in [-0.05, 0) is 54.4 Å². The maximum absolute atomic E-state index is 13.1. The van der Waals surface area contributed by atoms with Crippen molar-refractivity contribution in [3.63, 3.8) is 0 Å². The SMILES string of the molecule is CCCNC(=S)N(Cc1cccc(Cl)c1Cl)C[C@H](CC)NC(=O)Cc1cncn1Cc1ccc(C#N)cc1. The van der Waals surface area contributed by atoms with Gasteiger partial charge >= 0.3 is 0 Å². The van der Waals surface area contributed by atoms with Gasteiger partial charge in [0.1, 0.15) is 0 Å². The van der Waals surface area contributed by atoms with E-state index in [2.05, 4.69) is 28.6 Å². The highest BCUT2D eigenvalue weighted by molar-refractivity contribution is 7.80. The fraction of sp³-hybridized carbons (Fsp3) is 0.357. The molecule has 0 aliphatic rings. The van der Waals surface area contributed by atoms with Crippen LogP contribution in [0.5, 0.6) is 0 Å². The Balaban J connectivity index is 1.66. The number of carbonyl (C=O) groups is 1. The minimum atomic E-state index is -0.128. The highest BCUT2D eigenvalue weighted by atomic mass is 35.5. The smallest absolute Gasteiger partial charge is 0.226 e. The Morgan fingerprint density at radius 2 is 1.97 bits per heavy atom. The van der Waals surface area contributed by atoms with Crippen LogP contribution in [0.4, 0.5) is 0 Å². The second kappa shape index (κ2) is 14.7. The molecule has 0 aliphatic heterocycles. The first kappa shape index (κ1) is 29.4. The topological polar surface area (TPSA) is 86.0 Å². The molecule has 38 heavy (non-hydrogen) atoms. The number of nitrogens with zero attached hydrogens (tertiary/aromatic N) is 4. The fourth-order valence-corrected chi connectivity index (χ4v) is 4.57. The monoisotopic (exact) mass is 570 g/mol. The lowest BCUT2D eigenvalue weighted by atomic mass is 10.1. The van der Waals surface area contributed by atoms with Crippen LogP contribution in [0.2, 0.25) is 10.0 Å². The summed E-state index contributed by atoms with van der Waals surface area (Å²) < 4.78 is 1.94. The van der Waals surface area contributed by atoms with E-state index in [0.717, 1.165) is 36.2 Å². The number of imidazole rings is 1. The number of nitrogens with one attached hydrogen (secondary N) is 2. The van der Waals surface area contributed by atoms with Crippen molar-refractivity contribution in [2.75, 3.05) is 13.1 Å². The molecule has 0 saturated carbocycles. The van der Waals surface area contributed by atoms with Crippen LogP contribution in [-0.4, -0.2) is 44.6 Å². The largest absolute Gasteiger partial charge is 0.363 e. The summed E-state index contributed by atoms with van der Waals surface area (Å²) in [5.41, 5.74) is 3.32. The first-order valence-electron chi connectivity index (χ1n) is 12.6. The molecule has 1 amide bonds. The third-order valence-corrected chi connectivity index (χ3v) is 7.34. The number of rotatable bonds is 12. The molecule has 0 saturated heterocycles. The predicted octanol–water partition coefficient (Wildman–Crippen LogP) is 5.33. The molecule has 0 unspecified atom stereocenters. The third kappa shape index (κ3) is 8.45. The Morgan fingerprint density at radius 3 is 2.66 bits per heavy atom. The fourth-order valence-electron chi connectivity index (χ4n) is 3.94. The van der Waals surface area contributed by atoms with E-state index >= 15 is 0 Å². The van der Waals surface area contributed by atoms with Crippen LogP contribution in [-0.2, 0) is 24.3 Å². The average Bonchev–Trinajstić information content (AvgIpc) is 3.35. The zero-order valence-electron chi connectivity index (χ0n) is 21.6. The minimum absolute atomic E-state index is 0.0911. The van der Waals surface area contributed by atoms with E-state index in [-0.39, 0.29) is 18.4 Å². The summed E-state index contributed by atoms with van der Waals surface area (Å²) >= 11 is 18.4. The molecule has 1 atom stereocenters. The van der Waals surface area contributed by atoms with E-state index in [1.54, 1.807) is 30.7 Å². The minimum Gasteiger partial charge on any atom is -0.363 e. The molecule has 2 aromatic carbocycles. The van der Waals surface area contributed by atoms with E-state index in [4.69, 9.17) is 40.7 Å². The van der Waals surface area contributed by atoms with Gasteiger partial charge in [0.15, 0.2) is 5.11 Å². The predicted molar refractivity (Wildman–Crippen MR) is 156 cm³/mol. The van der Waals surface area contributed by atoms with Crippen molar-refractivity contribution in [2.45, 2.75) is 52.2 Å². The Bertz CT molecular complexity index is 1270. The van der Waals surface area contributed by atoms with Gasteiger partial charge in [-0.1, -0.05) is 61.3 Å². The van der Waals surface area contributed by atoms with E-state index in [1.807, 2.05) is 40.7 Å².